The molecule has 0 heterocycles. The van der Waals surface area contributed by atoms with E-state index in [4.69, 9.17) is 9.84 Å². The largest absolute Gasteiger partial charge is 0.488 e. The van der Waals surface area contributed by atoms with Gasteiger partial charge >= 0.3 is 0 Å². The zero-order chi connectivity index (χ0) is 15.9. The minimum absolute atomic E-state index is 0.0503. The molecular formula is C14H20F2O4S. The Balaban J connectivity index is 2.69. The van der Waals surface area contributed by atoms with Gasteiger partial charge in [0.05, 0.1) is 11.5 Å². The smallest absolute Gasteiger partial charge is 0.272 e. The van der Waals surface area contributed by atoms with Gasteiger partial charge in [-0.3, -0.25) is 0 Å². The molecule has 1 aromatic rings. The molecule has 0 saturated carbocycles. The van der Waals surface area contributed by atoms with E-state index in [0.717, 1.165) is 0 Å². The predicted molar refractivity (Wildman–Crippen MR) is 76.7 cm³/mol. The predicted octanol–water partition coefficient (Wildman–Crippen LogP) is 2.23. The van der Waals surface area contributed by atoms with Gasteiger partial charge in [-0.15, -0.1) is 0 Å². The first-order valence-corrected chi connectivity index (χ1v) is 8.48. The second-order valence-electron chi connectivity index (χ2n) is 4.87. The SMILES string of the molecule is C[C@@H](CS(=O)(=O)CCCO)c1cccc(OCC(F)F)c1. The van der Waals surface area contributed by atoms with Gasteiger partial charge in [0.2, 0.25) is 0 Å². The maximum Gasteiger partial charge on any atom is 0.272 e. The van der Waals surface area contributed by atoms with Crippen LogP contribution in [0.15, 0.2) is 24.3 Å². The van der Waals surface area contributed by atoms with Crippen molar-refractivity contribution >= 4 is 9.84 Å². The monoisotopic (exact) mass is 322 g/mol. The number of sulfone groups is 1. The van der Waals surface area contributed by atoms with E-state index in [1.165, 1.54) is 0 Å². The molecule has 0 saturated heterocycles. The molecule has 0 aliphatic heterocycles. The van der Waals surface area contributed by atoms with E-state index in [-0.39, 0.29) is 30.5 Å². The van der Waals surface area contributed by atoms with Gasteiger partial charge in [0.15, 0.2) is 9.84 Å². The van der Waals surface area contributed by atoms with Crippen molar-refractivity contribution in [2.24, 2.45) is 0 Å². The summed E-state index contributed by atoms with van der Waals surface area (Å²) in [6.45, 7) is 0.903. The zero-order valence-electron chi connectivity index (χ0n) is 11.8. The molecule has 0 unspecified atom stereocenters. The van der Waals surface area contributed by atoms with Crippen LogP contribution in [-0.4, -0.2) is 44.7 Å². The third-order valence-corrected chi connectivity index (χ3v) is 4.84. The van der Waals surface area contributed by atoms with Crippen LogP contribution >= 0.6 is 0 Å². The van der Waals surface area contributed by atoms with Crippen molar-refractivity contribution in [1.82, 2.24) is 0 Å². The number of rotatable bonds is 9. The van der Waals surface area contributed by atoms with E-state index >= 15 is 0 Å². The van der Waals surface area contributed by atoms with Crippen LogP contribution in [0.2, 0.25) is 0 Å². The number of halogens is 2. The Labute approximate surface area is 123 Å². The lowest BCUT2D eigenvalue weighted by Gasteiger charge is -2.14. The van der Waals surface area contributed by atoms with Gasteiger partial charge in [0.1, 0.15) is 12.4 Å². The average Bonchev–Trinajstić information content (AvgIpc) is 2.43. The summed E-state index contributed by atoms with van der Waals surface area (Å²) in [5.74, 6) is -0.0861. The average molecular weight is 322 g/mol. The Hall–Kier alpha value is -1.21. The highest BCUT2D eigenvalue weighted by Crippen LogP contribution is 2.22. The number of benzene rings is 1. The number of aliphatic hydroxyl groups excluding tert-OH is 1. The van der Waals surface area contributed by atoms with Crippen molar-refractivity contribution in [3.05, 3.63) is 29.8 Å². The molecule has 0 aliphatic rings. The van der Waals surface area contributed by atoms with Crippen molar-refractivity contribution in [3.8, 4) is 5.75 Å². The fourth-order valence-electron chi connectivity index (χ4n) is 1.92. The molecule has 0 spiro atoms. The Morgan fingerprint density at radius 3 is 2.67 bits per heavy atom. The normalized spacial score (nSPS) is 13.4. The van der Waals surface area contributed by atoms with Crippen LogP contribution in [-0.2, 0) is 9.84 Å². The molecule has 21 heavy (non-hydrogen) atoms. The van der Waals surface area contributed by atoms with Crippen LogP contribution in [0.3, 0.4) is 0 Å². The van der Waals surface area contributed by atoms with Crippen molar-refractivity contribution in [3.63, 3.8) is 0 Å². The topological polar surface area (TPSA) is 63.6 Å². The van der Waals surface area contributed by atoms with E-state index in [1.54, 1.807) is 31.2 Å². The second-order valence-corrected chi connectivity index (χ2v) is 7.10. The van der Waals surface area contributed by atoms with Gasteiger partial charge in [0, 0.05) is 6.61 Å². The molecule has 0 amide bonds. The van der Waals surface area contributed by atoms with Gasteiger partial charge in [-0.25, -0.2) is 17.2 Å². The summed E-state index contributed by atoms with van der Waals surface area (Å²) < 4.78 is 52.8. The zero-order valence-corrected chi connectivity index (χ0v) is 12.7. The van der Waals surface area contributed by atoms with Crippen LogP contribution in [0.25, 0.3) is 0 Å². The van der Waals surface area contributed by atoms with E-state index < -0.39 is 22.9 Å². The molecule has 0 fully saturated rings. The maximum absolute atomic E-state index is 12.1. The number of aliphatic hydroxyl groups is 1. The molecule has 0 radical (unpaired) electrons. The third kappa shape index (κ3) is 6.86. The Morgan fingerprint density at radius 1 is 1.33 bits per heavy atom. The minimum atomic E-state index is -3.25. The number of hydrogen-bond donors (Lipinski definition) is 1. The van der Waals surface area contributed by atoms with Crippen LogP contribution in [0.5, 0.6) is 5.75 Å². The van der Waals surface area contributed by atoms with Gasteiger partial charge < -0.3 is 9.84 Å². The molecule has 4 nitrogen and oxygen atoms in total. The second kappa shape index (κ2) is 8.29. The van der Waals surface area contributed by atoms with Gasteiger partial charge in [-0.05, 0) is 30.0 Å². The number of ether oxygens (including phenoxy) is 1. The van der Waals surface area contributed by atoms with Gasteiger partial charge in [0.25, 0.3) is 6.43 Å². The fraction of sp³-hybridized carbons (Fsp3) is 0.571. The molecule has 0 aliphatic carbocycles. The lowest BCUT2D eigenvalue weighted by Crippen LogP contribution is -2.17. The Morgan fingerprint density at radius 2 is 2.05 bits per heavy atom. The Kier molecular flexibility index (Phi) is 7.04. The summed E-state index contributed by atoms with van der Waals surface area (Å²) in [6.07, 6.45) is -2.34. The summed E-state index contributed by atoms with van der Waals surface area (Å²) >= 11 is 0. The first-order chi connectivity index (χ1) is 9.84. The highest BCUT2D eigenvalue weighted by molar-refractivity contribution is 7.91. The molecule has 1 atom stereocenters. The Bertz CT molecular complexity index is 532. The van der Waals surface area contributed by atoms with E-state index in [1.807, 2.05) is 0 Å². The molecular weight excluding hydrogens is 302 g/mol. The highest BCUT2D eigenvalue weighted by atomic mass is 32.2. The molecule has 7 heteroatoms. The van der Waals surface area contributed by atoms with E-state index in [9.17, 15) is 17.2 Å². The number of alkyl halides is 2. The molecule has 1 N–H and O–H groups in total. The van der Waals surface area contributed by atoms with Crippen LogP contribution < -0.4 is 4.74 Å². The molecule has 0 aromatic heterocycles. The van der Waals surface area contributed by atoms with Crippen molar-refractivity contribution < 1.29 is 27.0 Å². The van der Waals surface area contributed by atoms with Crippen molar-refractivity contribution in [2.45, 2.75) is 25.7 Å². The molecule has 120 valence electrons. The standard InChI is InChI=1S/C14H20F2O4S/c1-11(10-21(18,19)7-3-6-17)12-4-2-5-13(8-12)20-9-14(15)16/h2,4-5,8,11,14,17H,3,6-7,9-10H2,1H3/t11-/m0/s1. The fourth-order valence-corrected chi connectivity index (χ4v) is 3.60. The number of hydrogen-bond acceptors (Lipinski definition) is 4. The summed E-state index contributed by atoms with van der Waals surface area (Å²) in [4.78, 5) is 0. The van der Waals surface area contributed by atoms with Crippen LogP contribution in [0, 0.1) is 0 Å². The van der Waals surface area contributed by atoms with Crippen molar-refractivity contribution in [1.29, 1.82) is 0 Å². The maximum atomic E-state index is 12.1. The van der Waals surface area contributed by atoms with Crippen LogP contribution in [0.1, 0.15) is 24.8 Å². The first kappa shape index (κ1) is 17.8. The van der Waals surface area contributed by atoms with Crippen molar-refractivity contribution in [2.75, 3.05) is 24.7 Å². The van der Waals surface area contributed by atoms with Gasteiger partial charge in [-0.1, -0.05) is 19.1 Å². The summed E-state index contributed by atoms with van der Waals surface area (Å²) in [5, 5.41) is 8.68. The lowest BCUT2D eigenvalue weighted by molar-refractivity contribution is 0.0818. The summed E-state index contributed by atoms with van der Waals surface area (Å²) in [7, 11) is -3.25. The summed E-state index contributed by atoms with van der Waals surface area (Å²) in [6, 6.07) is 6.52. The quantitative estimate of drug-likeness (QED) is 0.757. The van der Waals surface area contributed by atoms with Gasteiger partial charge in [-0.2, -0.15) is 0 Å². The van der Waals surface area contributed by atoms with Crippen LogP contribution in [0.4, 0.5) is 8.78 Å². The lowest BCUT2D eigenvalue weighted by atomic mass is 10.0. The first-order valence-electron chi connectivity index (χ1n) is 6.66. The third-order valence-electron chi connectivity index (χ3n) is 2.92. The summed E-state index contributed by atoms with van der Waals surface area (Å²) in [5.41, 5.74) is 0.717. The molecule has 1 rings (SSSR count). The van der Waals surface area contributed by atoms with E-state index in [0.29, 0.717) is 11.3 Å². The van der Waals surface area contributed by atoms with E-state index in [2.05, 4.69) is 0 Å². The molecule has 1 aromatic carbocycles. The minimum Gasteiger partial charge on any atom is -0.488 e. The highest BCUT2D eigenvalue weighted by Gasteiger charge is 2.17. The molecule has 0 bridgehead atoms.